The summed E-state index contributed by atoms with van der Waals surface area (Å²) in [5.41, 5.74) is 2.74. The third-order valence-electron chi connectivity index (χ3n) is 4.40. The van der Waals surface area contributed by atoms with Gasteiger partial charge in [0.1, 0.15) is 0 Å². The number of rotatable bonds is 6. The topological polar surface area (TPSA) is 85.2 Å². The Labute approximate surface area is 166 Å². The van der Waals surface area contributed by atoms with Crippen LogP contribution in [0.5, 0.6) is 0 Å². The number of carbonyl (C=O) groups excluding carboxylic acids is 2. The lowest BCUT2D eigenvalue weighted by Crippen LogP contribution is -2.34. The van der Waals surface area contributed by atoms with Crippen molar-refractivity contribution in [3.05, 3.63) is 65.2 Å². The summed E-state index contributed by atoms with van der Waals surface area (Å²) in [6, 6.07) is 15.9. The van der Waals surface area contributed by atoms with Crippen molar-refractivity contribution >= 4 is 17.6 Å². The Bertz CT molecular complexity index is 852. The molecule has 1 atom stereocenters. The molecule has 2 aromatic rings. The molecule has 0 radical (unpaired) electrons. The summed E-state index contributed by atoms with van der Waals surface area (Å²) < 4.78 is 0. The van der Waals surface area contributed by atoms with Crippen molar-refractivity contribution in [1.82, 2.24) is 10.2 Å². The van der Waals surface area contributed by atoms with E-state index in [4.69, 9.17) is 5.26 Å². The lowest BCUT2D eigenvalue weighted by Gasteiger charge is -2.28. The molecule has 146 valence electrons. The first-order valence-corrected chi connectivity index (χ1v) is 9.34. The number of hydrogen-bond donors (Lipinski definition) is 2. The molecular weight excluding hydrogens is 352 g/mol. The van der Waals surface area contributed by atoms with Crippen LogP contribution in [0.15, 0.2) is 48.5 Å². The van der Waals surface area contributed by atoms with Gasteiger partial charge in [-0.2, -0.15) is 5.26 Å². The number of anilines is 1. The minimum absolute atomic E-state index is 0.0441. The van der Waals surface area contributed by atoms with E-state index in [1.807, 2.05) is 39.8 Å². The van der Waals surface area contributed by atoms with Crippen LogP contribution < -0.4 is 10.6 Å². The quantitative estimate of drug-likeness (QED) is 0.785. The maximum absolute atomic E-state index is 13.0. The standard InChI is InChI=1S/C22H26N4O2/c1-5-26(16(4)18-8-6-17(14-23)7-9-18)21(27)19-10-12-20(13-11-19)25-22(28)24-15(2)3/h6-13,15-16H,5H2,1-4H3,(H2,24,25,28). The molecule has 0 spiro atoms. The van der Waals surface area contributed by atoms with Crippen LogP contribution in [0.4, 0.5) is 10.5 Å². The summed E-state index contributed by atoms with van der Waals surface area (Å²) in [6.45, 7) is 8.22. The molecule has 3 amide bonds. The molecule has 2 aromatic carbocycles. The second-order valence-corrected chi connectivity index (χ2v) is 6.83. The maximum Gasteiger partial charge on any atom is 0.319 e. The summed E-state index contributed by atoms with van der Waals surface area (Å²) in [6.07, 6.45) is 0. The van der Waals surface area contributed by atoms with Crippen LogP contribution in [0.25, 0.3) is 0 Å². The zero-order valence-corrected chi connectivity index (χ0v) is 16.7. The molecule has 0 saturated heterocycles. The Kier molecular flexibility index (Phi) is 7.16. The lowest BCUT2D eigenvalue weighted by molar-refractivity contribution is 0.0702. The molecule has 2 N–H and O–H groups in total. The van der Waals surface area contributed by atoms with Crippen LogP contribution in [-0.2, 0) is 0 Å². The van der Waals surface area contributed by atoms with Gasteiger partial charge in [0.15, 0.2) is 0 Å². The van der Waals surface area contributed by atoms with Gasteiger partial charge in [0.05, 0.1) is 17.7 Å². The van der Waals surface area contributed by atoms with Gasteiger partial charge >= 0.3 is 6.03 Å². The largest absolute Gasteiger partial charge is 0.336 e. The summed E-state index contributed by atoms with van der Waals surface area (Å²) in [7, 11) is 0. The Hall–Kier alpha value is -3.33. The highest BCUT2D eigenvalue weighted by atomic mass is 16.2. The first kappa shape index (κ1) is 21.0. The highest BCUT2D eigenvalue weighted by Crippen LogP contribution is 2.23. The first-order chi connectivity index (χ1) is 13.3. The van der Waals surface area contributed by atoms with E-state index >= 15 is 0 Å². The van der Waals surface area contributed by atoms with Crippen molar-refractivity contribution in [3.63, 3.8) is 0 Å². The van der Waals surface area contributed by atoms with Crippen molar-refractivity contribution in [1.29, 1.82) is 5.26 Å². The average Bonchev–Trinajstić information content (AvgIpc) is 2.68. The van der Waals surface area contributed by atoms with Gasteiger partial charge in [-0.3, -0.25) is 4.79 Å². The van der Waals surface area contributed by atoms with Crippen molar-refractivity contribution in [2.45, 2.75) is 39.8 Å². The van der Waals surface area contributed by atoms with Crippen LogP contribution in [0.1, 0.15) is 55.2 Å². The molecule has 28 heavy (non-hydrogen) atoms. The highest BCUT2D eigenvalue weighted by molar-refractivity contribution is 5.95. The van der Waals surface area contributed by atoms with E-state index < -0.39 is 0 Å². The van der Waals surface area contributed by atoms with E-state index in [1.54, 1.807) is 41.3 Å². The van der Waals surface area contributed by atoms with E-state index in [9.17, 15) is 9.59 Å². The summed E-state index contributed by atoms with van der Waals surface area (Å²) in [5.74, 6) is -0.0856. The fourth-order valence-corrected chi connectivity index (χ4v) is 2.90. The Morgan fingerprint density at radius 2 is 1.64 bits per heavy atom. The lowest BCUT2D eigenvalue weighted by atomic mass is 10.0. The smallest absolute Gasteiger partial charge is 0.319 e. The Morgan fingerprint density at radius 3 is 2.14 bits per heavy atom. The molecular formula is C22H26N4O2. The predicted octanol–water partition coefficient (Wildman–Crippen LogP) is 4.31. The Balaban J connectivity index is 2.11. The third kappa shape index (κ3) is 5.34. The number of nitriles is 1. The molecule has 0 aliphatic rings. The van der Waals surface area contributed by atoms with Crippen LogP contribution in [0, 0.1) is 11.3 Å². The molecule has 2 rings (SSSR count). The SMILES string of the molecule is CCN(C(=O)c1ccc(NC(=O)NC(C)C)cc1)C(C)c1ccc(C#N)cc1. The van der Waals surface area contributed by atoms with E-state index in [0.29, 0.717) is 23.4 Å². The van der Waals surface area contributed by atoms with Crippen LogP contribution >= 0.6 is 0 Å². The van der Waals surface area contributed by atoms with Gasteiger partial charge in [-0.05, 0) is 69.7 Å². The summed E-state index contributed by atoms with van der Waals surface area (Å²) in [4.78, 5) is 26.5. The number of nitrogens with one attached hydrogen (secondary N) is 2. The molecule has 1 unspecified atom stereocenters. The van der Waals surface area contributed by atoms with E-state index in [-0.39, 0.29) is 24.0 Å². The molecule has 0 aliphatic carbocycles. The van der Waals surface area contributed by atoms with Crippen molar-refractivity contribution in [2.24, 2.45) is 0 Å². The first-order valence-electron chi connectivity index (χ1n) is 9.34. The van der Waals surface area contributed by atoms with Gasteiger partial charge in [0, 0.05) is 23.8 Å². The normalized spacial score (nSPS) is 11.4. The minimum atomic E-state index is -0.279. The molecule has 0 aliphatic heterocycles. The van der Waals surface area contributed by atoms with Gasteiger partial charge in [-0.25, -0.2) is 4.79 Å². The molecule has 0 saturated carbocycles. The molecule has 0 heterocycles. The number of benzene rings is 2. The summed E-state index contributed by atoms with van der Waals surface area (Å²) >= 11 is 0. The second kappa shape index (κ2) is 9.56. The van der Waals surface area contributed by atoms with Gasteiger partial charge < -0.3 is 15.5 Å². The van der Waals surface area contributed by atoms with Crippen LogP contribution in [0.2, 0.25) is 0 Å². The molecule has 0 fully saturated rings. The molecule has 0 bridgehead atoms. The summed E-state index contributed by atoms with van der Waals surface area (Å²) in [5, 5.41) is 14.4. The Morgan fingerprint density at radius 1 is 1.04 bits per heavy atom. The zero-order valence-electron chi connectivity index (χ0n) is 16.7. The van der Waals surface area contributed by atoms with E-state index in [2.05, 4.69) is 16.7 Å². The minimum Gasteiger partial charge on any atom is -0.336 e. The van der Waals surface area contributed by atoms with Crippen molar-refractivity contribution < 1.29 is 9.59 Å². The predicted molar refractivity (Wildman–Crippen MR) is 110 cm³/mol. The maximum atomic E-state index is 13.0. The third-order valence-corrected chi connectivity index (χ3v) is 4.40. The van der Waals surface area contributed by atoms with Crippen molar-refractivity contribution in [2.75, 3.05) is 11.9 Å². The monoisotopic (exact) mass is 378 g/mol. The zero-order chi connectivity index (χ0) is 20.7. The van der Waals surface area contributed by atoms with Crippen LogP contribution in [0.3, 0.4) is 0 Å². The molecule has 6 heteroatoms. The highest BCUT2D eigenvalue weighted by Gasteiger charge is 2.21. The van der Waals surface area contributed by atoms with E-state index in [0.717, 1.165) is 5.56 Å². The molecule has 6 nitrogen and oxygen atoms in total. The molecule has 0 aromatic heterocycles. The van der Waals surface area contributed by atoms with Gasteiger partial charge in [-0.15, -0.1) is 0 Å². The number of hydrogen-bond acceptors (Lipinski definition) is 3. The number of urea groups is 1. The average molecular weight is 378 g/mol. The van der Waals surface area contributed by atoms with Gasteiger partial charge in [0.2, 0.25) is 0 Å². The number of amides is 3. The number of nitrogens with zero attached hydrogens (tertiary/aromatic N) is 2. The van der Waals surface area contributed by atoms with E-state index in [1.165, 1.54) is 0 Å². The van der Waals surface area contributed by atoms with Crippen LogP contribution in [-0.4, -0.2) is 29.4 Å². The van der Waals surface area contributed by atoms with Gasteiger partial charge in [-0.1, -0.05) is 12.1 Å². The fourth-order valence-electron chi connectivity index (χ4n) is 2.90. The van der Waals surface area contributed by atoms with Crippen molar-refractivity contribution in [3.8, 4) is 6.07 Å². The number of carbonyl (C=O) groups is 2. The second-order valence-electron chi connectivity index (χ2n) is 6.83. The fraction of sp³-hybridized carbons (Fsp3) is 0.318. The van der Waals surface area contributed by atoms with Gasteiger partial charge in [0.25, 0.3) is 5.91 Å².